The van der Waals surface area contributed by atoms with Crippen LogP contribution in [0.5, 0.6) is 5.75 Å². The van der Waals surface area contributed by atoms with Crippen molar-refractivity contribution in [1.82, 2.24) is 4.98 Å². The number of pyridine rings is 1. The van der Waals surface area contributed by atoms with E-state index < -0.39 is 9.05 Å². The van der Waals surface area contributed by atoms with Crippen LogP contribution in [0.1, 0.15) is 22.5 Å². The van der Waals surface area contributed by atoms with Gasteiger partial charge in [0.25, 0.3) is 9.05 Å². The molecule has 1 heterocycles. The molecule has 112 valence electrons. The van der Waals surface area contributed by atoms with Crippen molar-refractivity contribution < 1.29 is 13.2 Å². The van der Waals surface area contributed by atoms with Crippen LogP contribution in [0.2, 0.25) is 0 Å². The molecule has 0 unspecified atom stereocenters. The third-order valence-electron chi connectivity index (χ3n) is 3.03. The first kappa shape index (κ1) is 15.8. The Morgan fingerprint density at radius 2 is 1.76 bits per heavy atom. The molecule has 0 spiro atoms. The smallest absolute Gasteiger partial charge is 0.261 e. The molecular formula is C15H16ClNO3S. The Bertz CT molecular complexity index is 749. The summed E-state index contributed by atoms with van der Waals surface area (Å²) in [6, 6.07) is 8.74. The lowest BCUT2D eigenvalue weighted by Gasteiger charge is -2.13. The van der Waals surface area contributed by atoms with Crippen LogP contribution in [0.3, 0.4) is 0 Å². The van der Waals surface area contributed by atoms with Crippen molar-refractivity contribution in [3.63, 3.8) is 0 Å². The van der Waals surface area contributed by atoms with Crippen molar-refractivity contribution in [1.29, 1.82) is 0 Å². The van der Waals surface area contributed by atoms with Crippen molar-refractivity contribution in [2.75, 3.05) is 0 Å². The molecule has 21 heavy (non-hydrogen) atoms. The Hall–Kier alpha value is -1.59. The van der Waals surface area contributed by atoms with Gasteiger partial charge in [-0.05, 0) is 56.2 Å². The Labute approximate surface area is 129 Å². The van der Waals surface area contributed by atoms with E-state index >= 15 is 0 Å². The van der Waals surface area contributed by atoms with Crippen molar-refractivity contribution in [2.45, 2.75) is 32.3 Å². The SMILES string of the molecule is Cc1cccc(COc2c(C)cc(S(=O)(=O)Cl)cc2C)n1. The number of hydrogen-bond acceptors (Lipinski definition) is 4. The maximum atomic E-state index is 11.4. The molecule has 1 aromatic carbocycles. The van der Waals surface area contributed by atoms with Gasteiger partial charge in [0.1, 0.15) is 12.4 Å². The lowest BCUT2D eigenvalue weighted by atomic mass is 10.1. The standard InChI is InChI=1S/C15H16ClNO3S/c1-10-7-14(21(16,18)19)8-11(2)15(10)20-9-13-6-4-5-12(3)17-13/h4-8H,9H2,1-3H3. The lowest BCUT2D eigenvalue weighted by molar-refractivity contribution is 0.296. The second-order valence-corrected chi connectivity index (χ2v) is 7.45. The van der Waals surface area contributed by atoms with Crippen LogP contribution in [-0.4, -0.2) is 13.4 Å². The minimum Gasteiger partial charge on any atom is -0.487 e. The normalized spacial score (nSPS) is 11.4. The fourth-order valence-electron chi connectivity index (χ4n) is 2.10. The zero-order chi connectivity index (χ0) is 15.6. The summed E-state index contributed by atoms with van der Waals surface area (Å²) < 4.78 is 28.5. The molecule has 0 bridgehead atoms. The number of aromatic nitrogens is 1. The van der Waals surface area contributed by atoms with Crippen molar-refractivity contribution in [3.8, 4) is 5.75 Å². The number of nitrogens with zero attached hydrogens (tertiary/aromatic N) is 1. The average molecular weight is 326 g/mol. The molecule has 4 nitrogen and oxygen atoms in total. The molecule has 0 aliphatic heterocycles. The molecule has 0 amide bonds. The van der Waals surface area contributed by atoms with E-state index in [1.165, 1.54) is 12.1 Å². The highest BCUT2D eigenvalue weighted by molar-refractivity contribution is 8.13. The summed E-state index contributed by atoms with van der Waals surface area (Å²) in [7, 11) is 1.63. The molecular weight excluding hydrogens is 310 g/mol. The van der Waals surface area contributed by atoms with Gasteiger partial charge in [0, 0.05) is 16.4 Å². The van der Waals surface area contributed by atoms with Crippen LogP contribution >= 0.6 is 10.7 Å². The van der Waals surface area contributed by atoms with Crippen molar-refractivity contribution >= 4 is 19.7 Å². The van der Waals surface area contributed by atoms with E-state index in [2.05, 4.69) is 4.98 Å². The van der Waals surface area contributed by atoms with Crippen LogP contribution in [0.25, 0.3) is 0 Å². The van der Waals surface area contributed by atoms with Gasteiger partial charge in [-0.3, -0.25) is 4.98 Å². The predicted molar refractivity (Wildman–Crippen MR) is 82.3 cm³/mol. The number of halogens is 1. The number of hydrogen-bond donors (Lipinski definition) is 0. The minimum absolute atomic E-state index is 0.0835. The number of aryl methyl sites for hydroxylation is 3. The summed E-state index contributed by atoms with van der Waals surface area (Å²) in [5.41, 5.74) is 3.19. The monoisotopic (exact) mass is 325 g/mol. The number of benzene rings is 1. The summed E-state index contributed by atoms with van der Waals surface area (Å²) in [6.45, 7) is 5.83. The maximum Gasteiger partial charge on any atom is 0.261 e. The van der Waals surface area contributed by atoms with Gasteiger partial charge < -0.3 is 4.74 Å². The lowest BCUT2D eigenvalue weighted by Crippen LogP contribution is -2.03. The molecule has 0 aliphatic carbocycles. The molecule has 2 aromatic rings. The highest BCUT2D eigenvalue weighted by Crippen LogP contribution is 2.28. The van der Waals surface area contributed by atoms with Gasteiger partial charge in [-0.1, -0.05) is 6.07 Å². The Kier molecular flexibility index (Phi) is 4.54. The molecule has 0 saturated carbocycles. The molecule has 0 aliphatic rings. The fourth-order valence-corrected chi connectivity index (χ4v) is 3.01. The van der Waals surface area contributed by atoms with E-state index in [9.17, 15) is 8.42 Å². The zero-order valence-electron chi connectivity index (χ0n) is 12.1. The Morgan fingerprint density at radius 1 is 1.14 bits per heavy atom. The number of rotatable bonds is 4. The zero-order valence-corrected chi connectivity index (χ0v) is 13.6. The van der Waals surface area contributed by atoms with Crippen LogP contribution in [-0.2, 0) is 15.7 Å². The molecule has 1 aromatic heterocycles. The van der Waals surface area contributed by atoms with Gasteiger partial charge in [-0.2, -0.15) is 0 Å². The highest BCUT2D eigenvalue weighted by Gasteiger charge is 2.15. The highest BCUT2D eigenvalue weighted by atomic mass is 35.7. The first-order valence-electron chi connectivity index (χ1n) is 6.38. The van der Waals surface area contributed by atoms with E-state index in [0.717, 1.165) is 22.5 Å². The molecule has 0 radical (unpaired) electrons. The van der Waals surface area contributed by atoms with Crippen LogP contribution in [0.4, 0.5) is 0 Å². The van der Waals surface area contributed by atoms with Gasteiger partial charge in [-0.15, -0.1) is 0 Å². The van der Waals surface area contributed by atoms with Gasteiger partial charge >= 0.3 is 0 Å². The van der Waals surface area contributed by atoms with E-state index in [-0.39, 0.29) is 4.90 Å². The van der Waals surface area contributed by atoms with Gasteiger partial charge in [-0.25, -0.2) is 8.42 Å². The molecule has 0 fully saturated rings. The molecule has 0 atom stereocenters. The van der Waals surface area contributed by atoms with Crippen molar-refractivity contribution in [3.05, 3.63) is 52.8 Å². The first-order chi connectivity index (χ1) is 9.77. The summed E-state index contributed by atoms with van der Waals surface area (Å²) in [6.07, 6.45) is 0. The Balaban J connectivity index is 2.25. The van der Waals surface area contributed by atoms with Gasteiger partial charge in [0.2, 0.25) is 0 Å². The van der Waals surface area contributed by atoms with Gasteiger partial charge in [0.15, 0.2) is 0 Å². The molecule has 6 heteroatoms. The second kappa shape index (κ2) is 6.03. The third-order valence-corrected chi connectivity index (χ3v) is 4.36. The Morgan fingerprint density at radius 3 is 2.29 bits per heavy atom. The summed E-state index contributed by atoms with van der Waals surface area (Å²) in [5, 5.41) is 0. The average Bonchev–Trinajstić information content (AvgIpc) is 2.36. The van der Waals surface area contributed by atoms with Gasteiger partial charge in [0.05, 0.1) is 10.6 Å². The summed E-state index contributed by atoms with van der Waals surface area (Å²) in [5.74, 6) is 0.655. The summed E-state index contributed by atoms with van der Waals surface area (Å²) in [4.78, 5) is 4.45. The van der Waals surface area contributed by atoms with Crippen LogP contribution in [0.15, 0.2) is 35.2 Å². The first-order valence-corrected chi connectivity index (χ1v) is 8.69. The number of ether oxygens (including phenoxy) is 1. The molecule has 0 N–H and O–H groups in total. The van der Waals surface area contributed by atoms with E-state index in [0.29, 0.717) is 12.4 Å². The molecule has 2 rings (SSSR count). The van der Waals surface area contributed by atoms with E-state index in [1.807, 2.05) is 25.1 Å². The predicted octanol–water partition coefficient (Wildman–Crippen LogP) is 3.51. The van der Waals surface area contributed by atoms with Crippen LogP contribution < -0.4 is 4.74 Å². The topological polar surface area (TPSA) is 56.3 Å². The molecule has 0 saturated heterocycles. The van der Waals surface area contributed by atoms with Crippen LogP contribution in [0, 0.1) is 20.8 Å². The van der Waals surface area contributed by atoms with Crippen molar-refractivity contribution in [2.24, 2.45) is 0 Å². The summed E-state index contributed by atoms with van der Waals surface area (Å²) >= 11 is 0. The second-order valence-electron chi connectivity index (χ2n) is 4.88. The van der Waals surface area contributed by atoms with E-state index in [1.54, 1.807) is 13.8 Å². The largest absolute Gasteiger partial charge is 0.487 e. The fraction of sp³-hybridized carbons (Fsp3) is 0.267. The van der Waals surface area contributed by atoms with E-state index in [4.69, 9.17) is 15.4 Å². The maximum absolute atomic E-state index is 11.4. The minimum atomic E-state index is -3.73. The third kappa shape index (κ3) is 3.95. The quantitative estimate of drug-likeness (QED) is 0.807.